The van der Waals surface area contributed by atoms with Crippen LogP contribution in [0.25, 0.3) is 0 Å². The van der Waals surface area contributed by atoms with Crippen molar-refractivity contribution in [2.45, 2.75) is 18.9 Å². The van der Waals surface area contributed by atoms with E-state index >= 15 is 0 Å². The monoisotopic (exact) mass is 372 g/mol. The van der Waals surface area contributed by atoms with E-state index in [1.54, 1.807) is 12.1 Å². The van der Waals surface area contributed by atoms with Crippen LogP contribution in [-0.2, 0) is 4.74 Å². The molecule has 2 heterocycles. The molecule has 6 nitrogen and oxygen atoms in total. The standard InChI is InChI=1S/C16H16F4N4O2/c17-12-5-9(1-2-11(12)13-8-21-3-4-25-13)24-16-22-6-10(7-23-16)26-15(20)14(18)19/h1-2,5-7,13-15,21H,3-4,8H2,(H,22,23,24). The van der Waals surface area contributed by atoms with Gasteiger partial charge >= 0.3 is 6.43 Å². The summed E-state index contributed by atoms with van der Waals surface area (Å²) in [5.74, 6) is -0.611. The number of alkyl halides is 3. The predicted octanol–water partition coefficient (Wildman–Crippen LogP) is 2.96. The van der Waals surface area contributed by atoms with E-state index in [9.17, 15) is 17.6 Å². The van der Waals surface area contributed by atoms with Crippen LogP contribution in [0.2, 0.25) is 0 Å². The minimum absolute atomic E-state index is 0.0764. The molecule has 3 rings (SSSR count). The molecule has 1 aromatic carbocycles. The van der Waals surface area contributed by atoms with Gasteiger partial charge in [-0.25, -0.2) is 23.1 Å². The van der Waals surface area contributed by atoms with E-state index in [1.807, 2.05) is 0 Å². The Bertz CT molecular complexity index is 727. The molecule has 1 aliphatic rings. The Balaban J connectivity index is 1.64. The molecule has 140 valence electrons. The van der Waals surface area contributed by atoms with Crippen LogP contribution in [0.3, 0.4) is 0 Å². The van der Waals surface area contributed by atoms with E-state index in [0.717, 1.165) is 18.9 Å². The van der Waals surface area contributed by atoms with Gasteiger partial charge in [0.2, 0.25) is 5.95 Å². The second-order valence-electron chi connectivity index (χ2n) is 5.47. The fourth-order valence-corrected chi connectivity index (χ4v) is 2.38. The minimum atomic E-state index is -3.27. The molecule has 0 radical (unpaired) electrons. The summed E-state index contributed by atoms with van der Waals surface area (Å²) >= 11 is 0. The molecule has 0 saturated carbocycles. The summed E-state index contributed by atoms with van der Waals surface area (Å²) in [5, 5.41) is 5.89. The lowest BCUT2D eigenvalue weighted by atomic mass is 10.1. The molecule has 1 aromatic heterocycles. The molecule has 1 fully saturated rings. The number of ether oxygens (including phenoxy) is 2. The lowest BCUT2D eigenvalue weighted by Crippen LogP contribution is -2.33. The Morgan fingerprint density at radius 3 is 2.62 bits per heavy atom. The maximum absolute atomic E-state index is 14.3. The number of halogens is 4. The van der Waals surface area contributed by atoms with E-state index in [2.05, 4.69) is 25.3 Å². The fourth-order valence-electron chi connectivity index (χ4n) is 2.38. The highest BCUT2D eigenvalue weighted by molar-refractivity contribution is 5.54. The van der Waals surface area contributed by atoms with Gasteiger partial charge in [-0.3, -0.25) is 0 Å². The van der Waals surface area contributed by atoms with Crippen LogP contribution >= 0.6 is 0 Å². The molecule has 26 heavy (non-hydrogen) atoms. The average Bonchev–Trinajstić information content (AvgIpc) is 2.64. The van der Waals surface area contributed by atoms with Crippen LogP contribution in [0.5, 0.6) is 5.75 Å². The van der Waals surface area contributed by atoms with E-state index in [4.69, 9.17) is 4.74 Å². The molecule has 0 amide bonds. The number of hydrogen-bond donors (Lipinski definition) is 2. The summed E-state index contributed by atoms with van der Waals surface area (Å²) in [7, 11) is 0. The molecule has 1 saturated heterocycles. The molecule has 0 spiro atoms. The summed E-state index contributed by atoms with van der Waals surface area (Å²) < 4.78 is 61.1. The molecule has 10 heteroatoms. The van der Waals surface area contributed by atoms with Gasteiger partial charge in [0.15, 0.2) is 5.75 Å². The first-order valence-electron chi connectivity index (χ1n) is 7.82. The summed E-state index contributed by atoms with van der Waals surface area (Å²) in [6, 6.07) is 4.51. The maximum Gasteiger partial charge on any atom is 0.304 e. The van der Waals surface area contributed by atoms with Crippen LogP contribution in [-0.4, -0.2) is 42.4 Å². The Labute approximate surface area is 146 Å². The van der Waals surface area contributed by atoms with Gasteiger partial charge in [0, 0.05) is 24.3 Å². The first kappa shape index (κ1) is 18.3. The van der Waals surface area contributed by atoms with Crippen molar-refractivity contribution >= 4 is 11.6 Å². The van der Waals surface area contributed by atoms with Crippen LogP contribution in [0.4, 0.5) is 29.2 Å². The second-order valence-corrected chi connectivity index (χ2v) is 5.47. The molecule has 2 atom stereocenters. The topological polar surface area (TPSA) is 68.3 Å². The summed E-state index contributed by atoms with van der Waals surface area (Å²) in [5.41, 5.74) is 0.827. The number of nitrogens with one attached hydrogen (secondary N) is 2. The Hall–Kier alpha value is -2.46. The third-order valence-corrected chi connectivity index (χ3v) is 3.61. The van der Waals surface area contributed by atoms with E-state index in [1.165, 1.54) is 6.07 Å². The van der Waals surface area contributed by atoms with Crippen LogP contribution in [0, 0.1) is 5.82 Å². The largest absolute Gasteiger partial charge is 0.451 e. The number of morpholine rings is 1. The smallest absolute Gasteiger partial charge is 0.304 e. The van der Waals surface area contributed by atoms with Crippen molar-refractivity contribution in [3.63, 3.8) is 0 Å². The summed E-state index contributed by atoms with van der Waals surface area (Å²) in [4.78, 5) is 7.62. The molecule has 1 aliphatic heterocycles. The zero-order valence-electron chi connectivity index (χ0n) is 13.5. The zero-order chi connectivity index (χ0) is 18.5. The molecule has 2 aromatic rings. The van der Waals surface area contributed by atoms with Gasteiger partial charge in [-0.05, 0) is 12.1 Å². The Morgan fingerprint density at radius 1 is 1.23 bits per heavy atom. The number of hydrogen-bond acceptors (Lipinski definition) is 6. The maximum atomic E-state index is 14.3. The van der Waals surface area contributed by atoms with E-state index in [-0.39, 0.29) is 17.8 Å². The molecular weight excluding hydrogens is 356 g/mol. The van der Waals surface area contributed by atoms with Crippen molar-refractivity contribution in [1.82, 2.24) is 15.3 Å². The average molecular weight is 372 g/mol. The quantitative estimate of drug-likeness (QED) is 0.760. The summed E-state index contributed by atoms with van der Waals surface area (Å²) in [6.07, 6.45) is -4.30. The Kier molecular flexibility index (Phi) is 5.84. The third kappa shape index (κ3) is 4.58. The van der Waals surface area contributed by atoms with Crippen molar-refractivity contribution in [2.75, 3.05) is 25.0 Å². The normalized spacial score (nSPS) is 18.6. The van der Waals surface area contributed by atoms with Gasteiger partial charge in [-0.15, -0.1) is 0 Å². The van der Waals surface area contributed by atoms with Crippen LogP contribution in [0.15, 0.2) is 30.6 Å². The van der Waals surface area contributed by atoms with E-state index < -0.39 is 18.6 Å². The Morgan fingerprint density at radius 2 is 2.00 bits per heavy atom. The van der Waals surface area contributed by atoms with E-state index in [0.29, 0.717) is 24.4 Å². The third-order valence-electron chi connectivity index (χ3n) is 3.61. The fraction of sp³-hybridized carbons (Fsp3) is 0.375. The molecule has 0 bridgehead atoms. The van der Waals surface area contributed by atoms with Crippen molar-refractivity contribution in [3.05, 3.63) is 42.0 Å². The molecule has 2 N–H and O–H groups in total. The van der Waals surface area contributed by atoms with Gasteiger partial charge in [-0.2, -0.15) is 4.39 Å². The summed E-state index contributed by atoms with van der Waals surface area (Å²) in [6.45, 7) is 1.77. The molecule has 0 aliphatic carbocycles. The van der Waals surface area contributed by atoms with Crippen molar-refractivity contribution < 1.29 is 27.0 Å². The van der Waals surface area contributed by atoms with Gasteiger partial charge in [0.25, 0.3) is 6.36 Å². The lowest BCUT2D eigenvalue weighted by molar-refractivity contribution is -0.0672. The van der Waals surface area contributed by atoms with Gasteiger partial charge < -0.3 is 20.1 Å². The molecular formula is C16H16F4N4O2. The zero-order valence-corrected chi connectivity index (χ0v) is 13.5. The highest BCUT2D eigenvalue weighted by Gasteiger charge is 2.21. The predicted molar refractivity (Wildman–Crippen MR) is 84.8 cm³/mol. The van der Waals surface area contributed by atoms with Gasteiger partial charge in [0.05, 0.1) is 25.1 Å². The number of rotatable bonds is 6. The highest BCUT2D eigenvalue weighted by Crippen LogP contribution is 2.25. The van der Waals surface area contributed by atoms with Gasteiger partial charge in [0.1, 0.15) is 5.82 Å². The van der Waals surface area contributed by atoms with Crippen molar-refractivity contribution in [3.8, 4) is 5.75 Å². The number of aromatic nitrogens is 2. The molecule has 2 unspecified atom stereocenters. The lowest BCUT2D eigenvalue weighted by Gasteiger charge is -2.24. The van der Waals surface area contributed by atoms with Crippen LogP contribution < -0.4 is 15.4 Å². The van der Waals surface area contributed by atoms with Crippen LogP contribution in [0.1, 0.15) is 11.7 Å². The number of anilines is 2. The second kappa shape index (κ2) is 8.28. The van der Waals surface area contributed by atoms with Crippen molar-refractivity contribution in [2.24, 2.45) is 0 Å². The first-order chi connectivity index (χ1) is 12.5. The first-order valence-corrected chi connectivity index (χ1v) is 7.82. The number of nitrogens with zero attached hydrogens (tertiary/aromatic N) is 2. The van der Waals surface area contributed by atoms with Gasteiger partial charge in [-0.1, -0.05) is 6.07 Å². The SMILES string of the molecule is Fc1cc(Nc2ncc(OC(F)C(F)F)cn2)ccc1C1CNCCO1. The minimum Gasteiger partial charge on any atom is -0.451 e. The number of benzene rings is 1. The highest BCUT2D eigenvalue weighted by atomic mass is 19.3. The van der Waals surface area contributed by atoms with Crippen molar-refractivity contribution in [1.29, 1.82) is 0 Å².